The van der Waals surface area contributed by atoms with E-state index >= 15 is 0 Å². The Bertz CT molecular complexity index is 325. The molecule has 106 valence electrons. The van der Waals surface area contributed by atoms with Gasteiger partial charge in [0.1, 0.15) is 0 Å². The number of carbonyl (C=O) groups is 1. The predicted octanol–water partition coefficient (Wildman–Crippen LogP) is 3.52. The summed E-state index contributed by atoms with van der Waals surface area (Å²) >= 11 is 0. The van der Waals surface area contributed by atoms with Crippen molar-refractivity contribution in [1.82, 2.24) is 5.32 Å². The summed E-state index contributed by atoms with van der Waals surface area (Å²) in [5.74, 6) is -1.36. The van der Waals surface area contributed by atoms with Crippen molar-refractivity contribution in [2.45, 2.75) is 53.1 Å². The fourth-order valence-electron chi connectivity index (χ4n) is 3.68. The van der Waals surface area contributed by atoms with E-state index in [1.807, 2.05) is 12.2 Å². The van der Waals surface area contributed by atoms with E-state index in [0.717, 1.165) is 19.3 Å². The van der Waals surface area contributed by atoms with Gasteiger partial charge in [-0.05, 0) is 36.0 Å². The minimum atomic E-state index is -4.79. The van der Waals surface area contributed by atoms with Crippen LogP contribution >= 0.6 is 0 Å². The quantitative estimate of drug-likeness (QED) is 0.813. The van der Waals surface area contributed by atoms with Crippen LogP contribution in [0.2, 0.25) is 0 Å². The molecule has 0 aliphatic heterocycles. The van der Waals surface area contributed by atoms with E-state index in [1.165, 1.54) is 0 Å². The van der Waals surface area contributed by atoms with Crippen molar-refractivity contribution in [1.29, 1.82) is 0 Å². The van der Waals surface area contributed by atoms with E-state index in [4.69, 9.17) is 0 Å². The first-order valence-corrected chi connectivity index (χ1v) is 6.29. The molecule has 0 heterocycles. The van der Waals surface area contributed by atoms with E-state index in [1.54, 1.807) is 0 Å². The topological polar surface area (TPSA) is 29.1 Å². The van der Waals surface area contributed by atoms with Crippen molar-refractivity contribution in [3.8, 4) is 0 Å². The van der Waals surface area contributed by atoms with E-state index < -0.39 is 12.1 Å². The highest BCUT2D eigenvalue weighted by Crippen LogP contribution is 2.48. The lowest BCUT2D eigenvalue weighted by atomic mass is 9.61. The predicted molar refractivity (Wildman–Crippen MR) is 64.0 cm³/mol. The van der Waals surface area contributed by atoms with Gasteiger partial charge in [0.05, 0.1) is 0 Å². The standard InChI is InChI=1S/C13H22F3NO/c1-9-5-11(2,3)7-12(4,6-9)8-17-10(18)13(14,15)16/h9H,5-8H2,1-4H3,(H,17,18)/t9-,12-/m0/s1. The van der Waals surface area contributed by atoms with Gasteiger partial charge in [0.2, 0.25) is 0 Å². The molecular weight excluding hydrogens is 243 g/mol. The maximum atomic E-state index is 12.1. The zero-order valence-corrected chi connectivity index (χ0v) is 11.4. The van der Waals surface area contributed by atoms with Crippen molar-refractivity contribution in [3.63, 3.8) is 0 Å². The molecule has 0 radical (unpaired) electrons. The first-order valence-electron chi connectivity index (χ1n) is 6.29. The molecular formula is C13H22F3NO. The number of halogens is 3. The molecule has 2 atom stereocenters. The molecule has 1 fully saturated rings. The molecule has 0 aromatic carbocycles. The summed E-state index contributed by atoms with van der Waals surface area (Å²) in [4.78, 5) is 10.9. The van der Waals surface area contributed by atoms with Crippen LogP contribution in [0.4, 0.5) is 13.2 Å². The van der Waals surface area contributed by atoms with Gasteiger partial charge in [-0.25, -0.2) is 0 Å². The molecule has 1 N–H and O–H groups in total. The van der Waals surface area contributed by atoms with Gasteiger partial charge in [0.15, 0.2) is 0 Å². The van der Waals surface area contributed by atoms with Gasteiger partial charge in [0, 0.05) is 6.54 Å². The van der Waals surface area contributed by atoms with Gasteiger partial charge < -0.3 is 5.32 Å². The second-order valence-corrected chi connectivity index (χ2v) is 6.85. The van der Waals surface area contributed by atoms with Gasteiger partial charge in [-0.15, -0.1) is 0 Å². The molecule has 1 amide bonds. The average Bonchev–Trinajstić information content (AvgIpc) is 2.08. The first-order chi connectivity index (χ1) is 7.94. The summed E-state index contributed by atoms with van der Waals surface area (Å²) in [6, 6.07) is 0. The smallest absolute Gasteiger partial charge is 0.348 e. The van der Waals surface area contributed by atoms with Gasteiger partial charge >= 0.3 is 12.1 Å². The molecule has 0 bridgehead atoms. The van der Waals surface area contributed by atoms with Crippen LogP contribution in [0.25, 0.3) is 0 Å². The van der Waals surface area contributed by atoms with Gasteiger partial charge in [-0.3, -0.25) is 4.79 Å². The van der Waals surface area contributed by atoms with Crippen LogP contribution in [-0.4, -0.2) is 18.6 Å². The third-order valence-corrected chi connectivity index (χ3v) is 3.58. The van der Waals surface area contributed by atoms with Crippen LogP contribution in [0.1, 0.15) is 47.0 Å². The van der Waals surface area contributed by atoms with Crippen LogP contribution in [0.5, 0.6) is 0 Å². The molecule has 5 heteroatoms. The molecule has 0 unspecified atom stereocenters. The Morgan fingerprint density at radius 1 is 1.28 bits per heavy atom. The molecule has 0 aromatic rings. The minimum Gasteiger partial charge on any atom is -0.348 e. The number of carbonyl (C=O) groups excluding carboxylic acids is 1. The first kappa shape index (κ1) is 15.3. The number of hydrogen-bond acceptors (Lipinski definition) is 1. The highest BCUT2D eigenvalue weighted by atomic mass is 19.4. The molecule has 0 saturated heterocycles. The van der Waals surface area contributed by atoms with E-state index in [0.29, 0.717) is 5.92 Å². The Hall–Kier alpha value is -0.740. The summed E-state index contributed by atoms with van der Waals surface area (Å²) < 4.78 is 36.4. The summed E-state index contributed by atoms with van der Waals surface area (Å²) in [7, 11) is 0. The molecule has 1 rings (SSSR count). The highest BCUT2D eigenvalue weighted by Gasteiger charge is 2.43. The Balaban J connectivity index is 2.62. The highest BCUT2D eigenvalue weighted by molar-refractivity contribution is 5.81. The summed E-state index contributed by atoms with van der Waals surface area (Å²) in [6.07, 6.45) is -2.01. The van der Waals surface area contributed by atoms with E-state index in [-0.39, 0.29) is 17.4 Å². The zero-order chi connectivity index (χ0) is 14.2. The Kier molecular flexibility index (Phi) is 4.03. The third kappa shape index (κ3) is 4.18. The van der Waals surface area contributed by atoms with Crippen molar-refractivity contribution in [3.05, 3.63) is 0 Å². The zero-order valence-electron chi connectivity index (χ0n) is 11.4. The average molecular weight is 265 g/mol. The fraction of sp³-hybridized carbons (Fsp3) is 0.923. The van der Waals surface area contributed by atoms with Crippen molar-refractivity contribution < 1.29 is 18.0 Å². The van der Waals surface area contributed by atoms with Crippen LogP contribution in [-0.2, 0) is 4.79 Å². The van der Waals surface area contributed by atoms with Crippen molar-refractivity contribution >= 4 is 5.91 Å². The summed E-state index contributed by atoms with van der Waals surface area (Å²) in [5, 5.41) is 2.03. The van der Waals surface area contributed by atoms with Crippen LogP contribution in [0, 0.1) is 16.7 Å². The van der Waals surface area contributed by atoms with Crippen LogP contribution < -0.4 is 5.32 Å². The maximum Gasteiger partial charge on any atom is 0.471 e. The SMILES string of the molecule is C[C@H]1CC(C)(C)C[C@@](C)(CNC(=O)C(F)(F)F)C1. The number of alkyl halides is 3. The van der Waals surface area contributed by atoms with Gasteiger partial charge in [0.25, 0.3) is 0 Å². The second kappa shape index (κ2) is 4.74. The summed E-state index contributed by atoms with van der Waals surface area (Å²) in [5.41, 5.74) is -0.128. The Morgan fingerprint density at radius 2 is 1.83 bits per heavy atom. The monoisotopic (exact) mass is 265 g/mol. The van der Waals surface area contributed by atoms with E-state index in [2.05, 4.69) is 20.8 Å². The molecule has 2 nitrogen and oxygen atoms in total. The van der Waals surface area contributed by atoms with E-state index in [9.17, 15) is 18.0 Å². The number of amides is 1. The van der Waals surface area contributed by atoms with Gasteiger partial charge in [-0.2, -0.15) is 13.2 Å². The number of nitrogens with one attached hydrogen (secondary N) is 1. The lowest BCUT2D eigenvalue weighted by Crippen LogP contribution is -2.46. The lowest BCUT2D eigenvalue weighted by molar-refractivity contribution is -0.174. The van der Waals surface area contributed by atoms with Crippen LogP contribution in [0.3, 0.4) is 0 Å². The number of rotatable bonds is 2. The number of hydrogen-bond donors (Lipinski definition) is 1. The minimum absolute atomic E-state index is 0.0963. The Labute approximate surface area is 106 Å². The van der Waals surface area contributed by atoms with Crippen LogP contribution in [0.15, 0.2) is 0 Å². The molecule has 1 aliphatic rings. The fourth-order valence-corrected chi connectivity index (χ4v) is 3.68. The molecule has 0 aromatic heterocycles. The molecule has 18 heavy (non-hydrogen) atoms. The lowest BCUT2D eigenvalue weighted by Gasteiger charge is -2.46. The van der Waals surface area contributed by atoms with Crippen molar-refractivity contribution in [2.24, 2.45) is 16.7 Å². The largest absolute Gasteiger partial charge is 0.471 e. The van der Waals surface area contributed by atoms with Crippen molar-refractivity contribution in [2.75, 3.05) is 6.54 Å². The Morgan fingerprint density at radius 3 is 2.28 bits per heavy atom. The summed E-state index contributed by atoms with van der Waals surface area (Å²) in [6.45, 7) is 8.43. The molecule has 1 aliphatic carbocycles. The second-order valence-electron chi connectivity index (χ2n) is 6.85. The molecule has 1 saturated carbocycles. The molecule has 0 spiro atoms. The third-order valence-electron chi connectivity index (χ3n) is 3.58. The van der Waals surface area contributed by atoms with Gasteiger partial charge in [-0.1, -0.05) is 27.7 Å². The maximum absolute atomic E-state index is 12.1. The normalized spacial score (nSPS) is 32.1.